The quantitative estimate of drug-likeness (QED) is 0.175. The number of rotatable bonds is 7. The third-order valence-corrected chi connectivity index (χ3v) is 11.5. The monoisotopic (exact) mass is 779 g/mol. The van der Waals surface area contributed by atoms with Crippen LogP contribution in [-0.4, -0.2) is 19.6 Å². The largest absolute Gasteiger partial charge is 0.507 e. The topological polar surface area (TPSA) is 50.9 Å². The molecule has 0 radical (unpaired) electrons. The van der Waals surface area contributed by atoms with Crippen molar-refractivity contribution in [3.63, 3.8) is 0 Å². The SMILES string of the molecule is CC(C)(C)c1ccc(-c2cc(C(C)(C)C)ccc2-n2c(-c3ccccc3O)nc3c(-c4cc(-c5ccccc5)cc(-c5cc(-c6ccccc6)ccn5)c4)cccc32)cc1. The number of phenolic OH excluding ortho intramolecular Hbond substituents is 1. The normalized spacial score (nSPS) is 11.9. The Morgan fingerprint density at radius 1 is 0.433 bits per heavy atom. The Balaban J connectivity index is 1.30. The predicted octanol–water partition coefficient (Wildman–Crippen LogP) is 14.7. The molecule has 4 nitrogen and oxygen atoms in total. The van der Waals surface area contributed by atoms with Gasteiger partial charge in [-0.05, 0) is 116 Å². The average Bonchev–Trinajstić information content (AvgIpc) is 3.66. The molecule has 294 valence electrons. The Bertz CT molecular complexity index is 2980. The van der Waals surface area contributed by atoms with Gasteiger partial charge in [0.15, 0.2) is 0 Å². The van der Waals surface area contributed by atoms with Crippen LogP contribution in [0.25, 0.3) is 83.9 Å². The van der Waals surface area contributed by atoms with Crippen molar-refractivity contribution < 1.29 is 5.11 Å². The number of fused-ring (bicyclic) bond motifs is 1. The van der Waals surface area contributed by atoms with E-state index in [9.17, 15) is 5.11 Å². The Kier molecular flexibility index (Phi) is 9.80. The van der Waals surface area contributed by atoms with Gasteiger partial charge in [-0.2, -0.15) is 0 Å². The van der Waals surface area contributed by atoms with Crippen LogP contribution >= 0.6 is 0 Å². The number of benzene rings is 7. The lowest BCUT2D eigenvalue weighted by molar-refractivity contribution is 0.477. The van der Waals surface area contributed by atoms with Crippen LogP contribution < -0.4 is 0 Å². The summed E-state index contributed by atoms with van der Waals surface area (Å²) in [5.74, 6) is 0.846. The van der Waals surface area contributed by atoms with Crippen LogP contribution in [0.3, 0.4) is 0 Å². The summed E-state index contributed by atoms with van der Waals surface area (Å²) in [6.45, 7) is 13.5. The minimum absolute atomic E-state index is 0.0298. The van der Waals surface area contributed by atoms with Crippen LogP contribution in [0.15, 0.2) is 182 Å². The molecule has 0 fully saturated rings. The highest BCUT2D eigenvalue weighted by molar-refractivity contribution is 5.98. The zero-order chi connectivity index (χ0) is 41.6. The van der Waals surface area contributed by atoms with E-state index in [0.717, 1.165) is 72.5 Å². The van der Waals surface area contributed by atoms with Gasteiger partial charge in [0.05, 0.1) is 28.0 Å². The van der Waals surface area contributed by atoms with Crippen LogP contribution in [0.2, 0.25) is 0 Å². The number of aromatic nitrogens is 3. The summed E-state index contributed by atoms with van der Waals surface area (Å²) in [7, 11) is 0. The Labute approximate surface area is 353 Å². The second-order valence-corrected chi connectivity index (χ2v) is 17.7. The molecule has 0 atom stereocenters. The molecule has 60 heavy (non-hydrogen) atoms. The van der Waals surface area contributed by atoms with Gasteiger partial charge in [-0.15, -0.1) is 0 Å². The lowest BCUT2D eigenvalue weighted by Gasteiger charge is -2.23. The number of para-hydroxylation sites is 2. The van der Waals surface area contributed by atoms with Gasteiger partial charge >= 0.3 is 0 Å². The van der Waals surface area contributed by atoms with Crippen molar-refractivity contribution in [1.82, 2.24) is 14.5 Å². The molecule has 0 aliphatic carbocycles. The van der Waals surface area contributed by atoms with Gasteiger partial charge in [-0.25, -0.2) is 4.98 Å². The number of imidazole rings is 1. The molecular formula is C56H49N3O. The van der Waals surface area contributed by atoms with E-state index in [1.165, 1.54) is 11.1 Å². The van der Waals surface area contributed by atoms with Crippen LogP contribution in [0.4, 0.5) is 0 Å². The molecule has 2 aromatic heterocycles. The molecule has 0 saturated heterocycles. The van der Waals surface area contributed by atoms with Gasteiger partial charge in [0.25, 0.3) is 0 Å². The number of phenols is 1. The molecule has 0 amide bonds. The maximum Gasteiger partial charge on any atom is 0.149 e. The average molecular weight is 780 g/mol. The van der Waals surface area contributed by atoms with Gasteiger partial charge in [-0.3, -0.25) is 9.55 Å². The zero-order valence-corrected chi connectivity index (χ0v) is 35.1. The lowest BCUT2D eigenvalue weighted by Crippen LogP contribution is -2.12. The van der Waals surface area contributed by atoms with Crippen LogP contribution in [-0.2, 0) is 10.8 Å². The van der Waals surface area contributed by atoms with Crippen molar-refractivity contribution in [2.75, 3.05) is 0 Å². The molecule has 0 aliphatic rings. The van der Waals surface area contributed by atoms with E-state index in [2.05, 4.69) is 186 Å². The molecule has 0 spiro atoms. The van der Waals surface area contributed by atoms with E-state index in [4.69, 9.17) is 9.97 Å². The number of hydrogen-bond donors (Lipinski definition) is 1. The molecule has 9 rings (SSSR count). The number of pyridine rings is 1. The molecule has 9 aromatic rings. The minimum Gasteiger partial charge on any atom is -0.507 e. The van der Waals surface area contributed by atoms with E-state index in [1.54, 1.807) is 6.07 Å². The highest BCUT2D eigenvalue weighted by Gasteiger charge is 2.24. The van der Waals surface area contributed by atoms with Crippen molar-refractivity contribution in [3.05, 3.63) is 193 Å². The van der Waals surface area contributed by atoms with Gasteiger partial charge in [-0.1, -0.05) is 157 Å². The van der Waals surface area contributed by atoms with Crippen molar-refractivity contribution in [3.8, 4) is 78.6 Å². The second-order valence-electron chi connectivity index (χ2n) is 17.7. The maximum atomic E-state index is 11.5. The third-order valence-electron chi connectivity index (χ3n) is 11.5. The van der Waals surface area contributed by atoms with Crippen molar-refractivity contribution in [2.24, 2.45) is 0 Å². The Morgan fingerprint density at radius 2 is 1.03 bits per heavy atom. The second kappa shape index (κ2) is 15.3. The molecule has 0 unspecified atom stereocenters. The summed E-state index contributed by atoms with van der Waals surface area (Å²) in [4.78, 5) is 10.4. The molecule has 0 bridgehead atoms. The first-order chi connectivity index (χ1) is 28.9. The van der Waals surface area contributed by atoms with Gasteiger partial charge in [0.2, 0.25) is 0 Å². The molecular weight excluding hydrogens is 731 g/mol. The first-order valence-electron chi connectivity index (χ1n) is 20.7. The molecule has 1 N–H and O–H groups in total. The summed E-state index contributed by atoms with van der Waals surface area (Å²) in [5, 5.41) is 11.5. The van der Waals surface area contributed by atoms with E-state index < -0.39 is 0 Å². The van der Waals surface area contributed by atoms with E-state index in [1.807, 2.05) is 36.5 Å². The minimum atomic E-state index is -0.0692. The maximum absolute atomic E-state index is 11.5. The molecule has 2 heterocycles. The van der Waals surface area contributed by atoms with Crippen LogP contribution in [0.1, 0.15) is 52.7 Å². The van der Waals surface area contributed by atoms with Gasteiger partial charge < -0.3 is 5.11 Å². The summed E-state index contributed by atoms with van der Waals surface area (Å²) < 4.78 is 2.24. The molecule has 0 saturated carbocycles. The Morgan fingerprint density at radius 3 is 1.72 bits per heavy atom. The number of nitrogens with zero attached hydrogens (tertiary/aromatic N) is 3. The first-order valence-corrected chi connectivity index (χ1v) is 20.7. The smallest absolute Gasteiger partial charge is 0.149 e. The fourth-order valence-electron chi connectivity index (χ4n) is 8.12. The van der Waals surface area contributed by atoms with E-state index >= 15 is 0 Å². The summed E-state index contributed by atoms with van der Waals surface area (Å²) in [6, 6.07) is 61.6. The molecule has 0 aliphatic heterocycles. The van der Waals surface area contributed by atoms with Crippen molar-refractivity contribution in [2.45, 2.75) is 52.4 Å². The van der Waals surface area contributed by atoms with Crippen molar-refractivity contribution >= 4 is 11.0 Å². The molecule has 7 aromatic carbocycles. The number of aromatic hydroxyl groups is 1. The summed E-state index contributed by atoms with van der Waals surface area (Å²) >= 11 is 0. The Hall–Kier alpha value is -7.04. The predicted molar refractivity (Wildman–Crippen MR) is 251 cm³/mol. The fraction of sp³-hybridized carbons (Fsp3) is 0.143. The standard InChI is InChI=1S/C56H49N3O/c1-55(2,3)44-26-24-39(25-27-44)48-36-45(56(4,5)6)28-29-50(48)59-51-22-15-21-46(53(51)58-54(59)47-20-13-14-23-52(47)60)42-32-41(38-18-11-8-12-19-38)33-43(34-42)49-35-40(30-31-57-49)37-16-9-7-10-17-37/h7-36,60H,1-6H3. The number of hydrogen-bond acceptors (Lipinski definition) is 3. The van der Waals surface area contributed by atoms with Crippen molar-refractivity contribution in [1.29, 1.82) is 0 Å². The van der Waals surface area contributed by atoms with Crippen LogP contribution in [0, 0.1) is 0 Å². The van der Waals surface area contributed by atoms with Gasteiger partial charge in [0, 0.05) is 22.9 Å². The van der Waals surface area contributed by atoms with E-state index in [0.29, 0.717) is 11.4 Å². The van der Waals surface area contributed by atoms with E-state index in [-0.39, 0.29) is 16.6 Å². The highest BCUT2D eigenvalue weighted by atomic mass is 16.3. The summed E-state index contributed by atoms with van der Waals surface area (Å²) in [5.41, 5.74) is 16.5. The first kappa shape index (κ1) is 38.5. The fourth-order valence-corrected chi connectivity index (χ4v) is 8.12. The summed E-state index contributed by atoms with van der Waals surface area (Å²) in [6.07, 6.45) is 1.90. The molecule has 4 heteroatoms. The zero-order valence-electron chi connectivity index (χ0n) is 35.1. The lowest BCUT2D eigenvalue weighted by atomic mass is 9.83. The van der Waals surface area contributed by atoms with Crippen LogP contribution in [0.5, 0.6) is 5.75 Å². The third kappa shape index (κ3) is 7.42. The van der Waals surface area contributed by atoms with Gasteiger partial charge in [0.1, 0.15) is 11.6 Å². The highest BCUT2D eigenvalue weighted by Crippen LogP contribution is 2.43.